The van der Waals surface area contributed by atoms with Crippen molar-refractivity contribution in [3.8, 4) is 0 Å². The van der Waals surface area contributed by atoms with Crippen LogP contribution in [0.2, 0.25) is 0 Å². The topological polar surface area (TPSA) is 37.3 Å². The third kappa shape index (κ3) is 1.52. The summed E-state index contributed by atoms with van der Waals surface area (Å²) in [6.07, 6.45) is 2.61. The molecule has 0 saturated carbocycles. The molecule has 13 heavy (non-hydrogen) atoms. The fourth-order valence-electron chi connectivity index (χ4n) is 1.30. The maximum absolute atomic E-state index is 12.9. The summed E-state index contributed by atoms with van der Waals surface area (Å²) in [5.41, 5.74) is 4.18. The van der Waals surface area contributed by atoms with Crippen LogP contribution in [0.25, 0.3) is 0 Å². The van der Waals surface area contributed by atoms with Gasteiger partial charge in [0, 0.05) is 12.6 Å². The summed E-state index contributed by atoms with van der Waals surface area (Å²) in [5, 5.41) is 3.88. The first-order valence-electron chi connectivity index (χ1n) is 4.17. The van der Waals surface area contributed by atoms with Crippen LogP contribution in [0.1, 0.15) is 23.9 Å². The van der Waals surface area contributed by atoms with Crippen molar-refractivity contribution in [3.63, 3.8) is 0 Å². The smallest absolute Gasteiger partial charge is 0.144 e. The standard InChI is InChI=1S/C9H10FN3/c1-6-7(10)2-3-8(12-6)9-4-5-11-13-9/h2-3,5,9,13H,4H2,1H3. The molecule has 2 heterocycles. The lowest BCUT2D eigenvalue weighted by Gasteiger charge is -2.09. The van der Waals surface area contributed by atoms with Gasteiger partial charge < -0.3 is 5.43 Å². The number of hydrogen-bond donors (Lipinski definition) is 1. The van der Waals surface area contributed by atoms with Crippen LogP contribution in [0.5, 0.6) is 0 Å². The third-order valence-electron chi connectivity index (χ3n) is 2.06. The quantitative estimate of drug-likeness (QED) is 0.710. The third-order valence-corrected chi connectivity index (χ3v) is 2.06. The molecule has 1 atom stereocenters. The highest BCUT2D eigenvalue weighted by Gasteiger charge is 2.15. The van der Waals surface area contributed by atoms with E-state index in [4.69, 9.17) is 0 Å². The van der Waals surface area contributed by atoms with E-state index >= 15 is 0 Å². The molecule has 3 nitrogen and oxygen atoms in total. The van der Waals surface area contributed by atoms with Crippen LogP contribution in [-0.4, -0.2) is 11.2 Å². The van der Waals surface area contributed by atoms with Gasteiger partial charge in [-0.05, 0) is 19.1 Å². The molecule has 0 radical (unpaired) electrons. The Morgan fingerprint density at radius 2 is 2.38 bits per heavy atom. The second-order valence-electron chi connectivity index (χ2n) is 3.03. The summed E-state index contributed by atoms with van der Waals surface area (Å²) in [7, 11) is 0. The molecule has 68 valence electrons. The molecule has 2 rings (SSSR count). The molecule has 0 aliphatic carbocycles. The van der Waals surface area contributed by atoms with E-state index < -0.39 is 0 Å². The van der Waals surface area contributed by atoms with E-state index in [-0.39, 0.29) is 11.9 Å². The van der Waals surface area contributed by atoms with Crippen molar-refractivity contribution in [2.75, 3.05) is 0 Å². The monoisotopic (exact) mass is 179 g/mol. The molecule has 1 aliphatic rings. The van der Waals surface area contributed by atoms with Crippen molar-refractivity contribution in [2.45, 2.75) is 19.4 Å². The van der Waals surface area contributed by atoms with Gasteiger partial charge in [0.2, 0.25) is 0 Å². The first-order valence-corrected chi connectivity index (χ1v) is 4.17. The molecule has 0 saturated heterocycles. The molecule has 1 N–H and O–H groups in total. The Morgan fingerprint density at radius 1 is 1.54 bits per heavy atom. The summed E-state index contributed by atoms with van der Waals surface area (Å²) >= 11 is 0. The second-order valence-corrected chi connectivity index (χ2v) is 3.03. The molecule has 0 fully saturated rings. The van der Waals surface area contributed by atoms with Gasteiger partial charge in [0.15, 0.2) is 0 Å². The summed E-state index contributed by atoms with van der Waals surface area (Å²) in [6, 6.07) is 3.24. The van der Waals surface area contributed by atoms with E-state index in [0.717, 1.165) is 12.1 Å². The van der Waals surface area contributed by atoms with Gasteiger partial charge in [0.25, 0.3) is 0 Å². The zero-order valence-corrected chi connectivity index (χ0v) is 7.29. The first kappa shape index (κ1) is 8.16. The molecule has 4 heteroatoms. The highest BCUT2D eigenvalue weighted by molar-refractivity contribution is 5.60. The largest absolute Gasteiger partial charge is 0.301 e. The summed E-state index contributed by atoms with van der Waals surface area (Å²) < 4.78 is 12.9. The number of rotatable bonds is 1. The van der Waals surface area contributed by atoms with Crippen molar-refractivity contribution in [1.29, 1.82) is 0 Å². The van der Waals surface area contributed by atoms with Gasteiger partial charge in [0.05, 0.1) is 17.4 Å². The highest BCUT2D eigenvalue weighted by atomic mass is 19.1. The SMILES string of the molecule is Cc1nc(C2CC=NN2)ccc1F. The van der Waals surface area contributed by atoms with Gasteiger partial charge in [-0.15, -0.1) is 0 Å². The maximum Gasteiger partial charge on any atom is 0.144 e. The predicted octanol–water partition coefficient (Wildman–Crippen LogP) is 1.55. The van der Waals surface area contributed by atoms with Gasteiger partial charge in [-0.3, -0.25) is 4.98 Å². The van der Waals surface area contributed by atoms with Crippen LogP contribution >= 0.6 is 0 Å². The Hall–Kier alpha value is -1.45. The maximum atomic E-state index is 12.9. The molecule has 0 aromatic carbocycles. The lowest BCUT2D eigenvalue weighted by Crippen LogP contribution is -2.12. The normalized spacial score (nSPS) is 20.3. The van der Waals surface area contributed by atoms with Gasteiger partial charge in [-0.1, -0.05) is 0 Å². The zero-order valence-electron chi connectivity index (χ0n) is 7.29. The summed E-state index contributed by atoms with van der Waals surface area (Å²) in [6.45, 7) is 1.66. The lowest BCUT2D eigenvalue weighted by molar-refractivity contribution is 0.577. The van der Waals surface area contributed by atoms with Crippen LogP contribution in [0.4, 0.5) is 4.39 Å². The van der Waals surface area contributed by atoms with Crippen molar-refractivity contribution in [1.82, 2.24) is 10.4 Å². The minimum atomic E-state index is -0.261. The Kier molecular flexibility index (Phi) is 1.96. The lowest BCUT2D eigenvalue weighted by atomic mass is 10.1. The molecular formula is C9H10FN3. The van der Waals surface area contributed by atoms with E-state index in [9.17, 15) is 4.39 Å². The number of aromatic nitrogens is 1. The zero-order chi connectivity index (χ0) is 9.26. The van der Waals surface area contributed by atoms with E-state index in [1.807, 2.05) is 0 Å². The average Bonchev–Trinajstić information content (AvgIpc) is 2.62. The molecular weight excluding hydrogens is 169 g/mol. The highest BCUT2D eigenvalue weighted by Crippen LogP contribution is 2.17. The number of halogens is 1. The van der Waals surface area contributed by atoms with Gasteiger partial charge >= 0.3 is 0 Å². The Morgan fingerprint density at radius 3 is 3.00 bits per heavy atom. The van der Waals surface area contributed by atoms with E-state index in [1.54, 1.807) is 19.2 Å². The molecule has 1 unspecified atom stereocenters. The van der Waals surface area contributed by atoms with Gasteiger partial charge in [-0.2, -0.15) is 5.10 Å². The van der Waals surface area contributed by atoms with Crippen LogP contribution in [0, 0.1) is 12.7 Å². The Labute approximate surface area is 75.7 Å². The number of aryl methyl sites for hydroxylation is 1. The molecule has 0 spiro atoms. The molecule has 1 aromatic rings. The fraction of sp³-hybridized carbons (Fsp3) is 0.333. The van der Waals surface area contributed by atoms with Crippen LogP contribution in [0.3, 0.4) is 0 Å². The van der Waals surface area contributed by atoms with Gasteiger partial charge in [0.1, 0.15) is 5.82 Å². The van der Waals surface area contributed by atoms with Crippen LogP contribution in [0.15, 0.2) is 17.2 Å². The van der Waals surface area contributed by atoms with Gasteiger partial charge in [-0.25, -0.2) is 4.39 Å². The first-order chi connectivity index (χ1) is 6.27. The fourth-order valence-corrected chi connectivity index (χ4v) is 1.30. The van der Waals surface area contributed by atoms with Crippen molar-refractivity contribution in [2.24, 2.45) is 5.10 Å². The summed E-state index contributed by atoms with van der Waals surface area (Å²) in [4.78, 5) is 4.14. The van der Waals surface area contributed by atoms with Crippen molar-refractivity contribution in [3.05, 3.63) is 29.3 Å². The van der Waals surface area contributed by atoms with Crippen molar-refractivity contribution >= 4 is 6.21 Å². The summed E-state index contributed by atoms with van der Waals surface area (Å²) in [5.74, 6) is -0.261. The minimum Gasteiger partial charge on any atom is -0.301 e. The minimum absolute atomic E-state index is 0.110. The number of nitrogens with zero attached hydrogens (tertiary/aromatic N) is 2. The molecule has 1 aromatic heterocycles. The predicted molar refractivity (Wildman–Crippen MR) is 47.9 cm³/mol. The number of nitrogens with one attached hydrogen (secondary N) is 1. The molecule has 1 aliphatic heterocycles. The number of hydrazone groups is 1. The Bertz CT molecular complexity index is 341. The average molecular weight is 179 g/mol. The van der Waals surface area contributed by atoms with E-state index in [2.05, 4.69) is 15.5 Å². The van der Waals surface area contributed by atoms with E-state index in [1.165, 1.54) is 6.07 Å². The van der Waals surface area contributed by atoms with Crippen LogP contribution < -0.4 is 5.43 Å². The number of hydrogen-bond acceptors (Lipinski definition) is 3. The molecule has 0 amide bonds. The second kappa shape index (κ2) is 3.12. The number of pyridine rings is 1. The Balaban J connectivity index is 2.26. The molecule has 0 bridgehead atoms. The van der Waals surface area contributed by atoms with Crippen molar-refractivity contribution < 1.29 is 4.39 Å². The van der Waals surface area contributed by atoms with E-state index in [0.29, 0.717) is 5.69 Å². The van der Waals surface area contributed by atoms with Crippen LogP contribution in [-0.2, 0) is 0 Å².